The summed E-state index contributed by atoms with van der Waals surface area (Å²) in [6, 6.07) is 8.63. The van der Waals surface area contributed by atoms with Crippen molar-refractivity contribution in [3.05, 3.63) is 27.8 Å². The van der Waals surface area contributed by atoms with Gasteiger partial charge < -0.3 is 0 Å². The molecule has 0 spiro atoms. The lowest BCUT2D eigenvalue weighted by molar-refractivity contribution is 1.68. The highest BCUT2D eigenvalue weighted by Crippen LogP contribution is 2.00. The second-order valence-electron chi connectivity index (χ2n) is 2.71. The smallest absolute Gasteiger partial charge is 0.0819 e. The molecule has 0 unspecified atom stereocenters. The predicted octanol–water partition coefficient (Wildman–Crippen LogP) is 2.25. The fraction of sp³-hybridized carbons (Fsp3) is 0.250. The van der Waals surface area contributed by atoms with Crippen molar-refractivity contribution in [1.29, 1.82) is 0 Å². The highest BCUT2D eigenvalue weighted by atomic mass is 127. The summed E-state index contributed by atoms with van der Waals surface area (Å²) in [4.78, 5) is 0. The molecule has 0 fully saturated rings. The Morgan fingerprint density at radius 2 is 2.00 bits per heavy atom. The van der Waals surface area contributed by atoms with Crippen LogP contribution in [0, 0.1) is 3.57 Å². The molecule has 0 aliphatic rings. The van der Waals surface area contributed by atoms with Gasteiger partial charge >= 0.3 is 0 Å². The quantitative estimate of drug-likeness (QED) is 0.525. The Hall–Kier alpha value is 0.0149. The van der Waals surface area contributed by atoms with Gasteiger partial charge in [-0.25, -0.2) is 0 Å². The molecule has 0 aliphatic carbocycles. The van der Waals surface area contributed by atoms with E-state index in [1.807, 2.05) is 0 Å². The Morgan fingerprint density at radius 3 is 2.40 bits per heavy atom. The first-order chi connectivity index (χ1) is 4.70. The van der Waals surface area contributed by atoms with Crippen LogP contribution >= 0.6 is 22.6 Å². The topological polar surface area (TPSA) is 0 Å². The lowest BCUT2D eigenvalue weighted by atomic mass is 9.49. The van der Waals surface area contributed by atoms with E-state index in [9.17, 15) is 0 Å². The zero-order valence-corrected chi connectivity index (χ0v) is 8.42. The van der Waals surface area contributed by atoms with E-state index in [0.29, 0.717) is 6.71 Å². The van der Waals surface area contributed by atoms with Crippen molar-refractivity contribution in [3.63, 3.8) is 0 Å². The lowest BCUT2D eigenvalue weighted by Gasteiger charge is -2.00. The number of hydrogen-bond acceptors (Lipinski definition) is 0. The van der Waals surface area contributed by atoms with Gasteiger partial charge in [0.15, 0.2) is 6.71 Å². The fourth-order valence-electron chi connectivity index (χ4n) is 0.866. The van der Waals surface area contributed by atoms with Crippen LogP contribution in [-0.2, 0) is 0 Å². The third-order valence-electron chi connectivity index (χ3n) is 1.52. The molecule has 52 valence electrons. The molecule has 0 saturated carbocycles. The van der Waals surface area contributed by atoms with Crippen LogP contribution < -0.4 is 5.46 Å². The van der Waals surface area contributed by atoms with E-state index < -0.39 is 0 Å². The molecule has 0 nitrogen and oxygen atoms in total. The van der Waals surface area contributed by atoms with Crippen LogP contribution in [0.2, 0.25) is 13.6 Å². The van der Waals surface area contributed by atoms with Gasteiger partial charge in [-0.15, -0.1) is 0 Å². The molecule has 1 aromatic rings. The molecular weight excluding hydrogens is 234 g/mol. The molecule has 1 aromatic carbocycles. The maximum Gasteiger partial charge on any atom is 0.169 e. The van der Waals surface area contributed by atoms with E-state index in [0.717, 1.165) is 0 Å². The molecule has 0 radical (unpaired) electrons. The number of hydrogen-bond donors (Lipinski definition) is 0. The second-order valence-corrected chi connectivity index (χ2v) is 3.96. The highest BCUT2D eigenvalue weighted by Gasteiger charge is 2.00. The second kappa shape index (κ2) is 3.42. The Kier molecular flexibility index (Phi) is 2.77. The summed E-state index contributed by atoms with van der Waals surface area (Å²) in [6.45, 7) is 5.08. The Labute approximate surface area is 76.2 Å². The van der Waals surface area contributed by atoms with Gasteiger partial charge in [0.05, 0.1) is 0 Å². The van der Waals surface area contributed by atoms with E-state index in [2.05, 4.69) is 60.5 Å². The molecule has 1 rings (SSSR count). The molecule has 0 aliphatic heterocycles. The Balaban J connectivity index is 2.96. The van der Waals surface area contributed by atoms with E-state index in [-0.39, 0.29) is 0 Å². The first kappa shape index (κ1) is 8.11. The third kappa shape index (κ3) is 2.01. The highest BCUT2D eigenvalue weighted by molar-refractivity contribution is 14.1. The largest absolute Gasteiger partial charge is 0.169 e. The minimum absolute atomic E-state index is 0.648. The SMILES string of the molecule is CB(C)c1cccc(I)c1. The van der Waals surface area contributed by atoms with Gasteiger partial charge in [0.1, 0.15) is 0 Å². The van der Waals surface area contributed by atoms with E-state index in [4.69, 9.17) is 0 Å². The maximum atomic E-state index is 2.34. The van der Waals surface area contributed by atoms with E-state index in [1.54, 1.807) is 0 Å². The Bertz CT molecular complexity index is 220. The normalized spacial score (nSPS) is 9.50. The van der Waals surface area contributed by atoms with Crippen molar-refractivity contribution in [1.82, 2.24) is 0 Å². The van der Waals surface area contributed by atoms with Crippen molar-refractivity contribution >= 4 is 34.8 Å². The van der Waals surface area contributed by atoms with Gasteiger partial charge in [-0.3, -0.25) is 0 Å². The monoisotopic (exact) mass is 244 g/mol. The summed E-state index contributed by atoms with van der Waals surface area (Å²) in [6.07, 6.45) is 0. The molecule has 0 aromatic heterocycles. The molecule has 0 atom stereocenters. The van der Waals surface area contributed by atoms with Gasteiger partial charge in [-0.1, -0.05) is 37.3 Å². The minimum Gasteiger partial charge on any atom is -0.0819 e. The third-order valence-corrected chi connectivity index (χ3v) is 2.19. The Morgan fingerprint density at radius 1 is 1.30 bits per heavy atom. The van der Waals surface area contributed by atoms with Crippen molar-refractivity contribution in [3.8, 4) is 0 Å². The van der Waals surface area contributed by atoms with Gasteiger partial charge in [-0.05, 0) is 28.7 Å². The zero-order chi connectivity index (χ0) is 7.56. The molecule has 0 bridgehead atoms. The van der Waals surface area contributed by atoms with Crippen molar-refractivity contribution in [2.45, 2.75) is 13.6 Å². The molecule has 0 heterocycles. The van der Waals surface area contributed by atoms with Crippen molar-refractivity contribution in [2.75, 3.05) is 0 Å². The molecule has 0 amide bonds. The lowest BCUT2D eigenvalue weighted by Crippen LogP contribution is -2.22. The first-order valence-corrected chi connectivity index (χ1v) is 4.53. The average Bonchev–Trinajstić information content (AvgIpc) is 1.88. The van der Waals surface area contributed by atoms with Crippen molar-refractivity contribution < 1.29 is 0 Å². The first-order valence-electron chi connectivity index (χ1n) is 3.45. The summed E-state index contributed by atoms with van der Waals surface area (Å²) < 4.78 is 1.32. The van der Waals surface area contributed by atoms with Gasteiger partial charge in [0.25, 0.3) is 0 Å². The molecular formula is C8H10BI. The van der Waals surface area contributed by atoms with Crippen LogP contribution in [0.15, 0.2) is 24.3 Å². The van der Waals surface area contributed by atoms with Crippen LogP contribution in [0.3, 0.4) is 0 Å². The molecule has 2 heteroatoms. The van der Waals surface area contributed by atoms with Gasteiger partial charge in [0, 0.05) is 3.57 Å². The molecule has 10 heavy (non-hydrogen) atoms. The summed E-state index contributed by atoms with van der Waals surface area (Å²) in [5, 5.41) is 0. The van der Waals surface area contributed by atoms with Gasteiger partial charge in [0.2, 0.25) is 0 Å². The van der Waals surface area contributed by atoms with Crippen molar-refractivity contribution in [2.24, 2.45) is 0 Å². The van der Waals surface area contributed by atoms with Crippen LogP contribution in [0.4, 0.5) is 0 Å². The summed E-state index contributed by atoms with van der Waals surface area (Å²) in [7, 11) is 0. The van der Waals surface area contributed by atoms with Crippen LogP contribution in [0.5, 0.6) is 0 Å². The van der Waals surface area contributed by atoms with Crippen LogP contribution in [-0.4, -0.2) is 6.71 Å². The van der Waals surface area contributed by atoms with E-state index in [1.165, 1.54) is 9.03 Å². The number of benzene rings is 1. The minimum atomic E-state index is 0.648. The standard InChI is InChI=1S/C8H10BI/c1-9(2)7-4-3-5-8(10)6-7/h3-6H,1-2H3. The van der Waals surface area contributed by atoms with Crippen LogP contribution in [0.1, 0.15) is 0 Å². The van der Waals surface area contributed by atoms with Crippen LogP contribution in [0.25, 0.3) is 0 Å². The average molecular weight is 244 g/mol. The van der Waals surface area contributed by atoms with Gasteiger partial charge in [-0.2, -0.15) is 0 Å². The summed E-state index contributed by atoms with van der Waals surface area (Å²) in [5.41, 5.74) is 1.42. The number of halogens is 1. The summed E-state index contributed by atoms with van der Waals surface area (Å²) in [5.74, 6) is 0. The molecule has 0 N–H and O–H groups in total. The predicted molar refractivity (Wildman–Crippen MR) is 56.3 cm³/mol. The zero-order valence-electron chi connectivity index (χ0n) is 6.26. The molecule has 0 saturated heterocycles. The number of rotatable bonds is 1. The fourth-order valence-corrected chi connectivity index (χ4v) is 1.43. The van der Waals surface area contributed by atoms with E-state index >= 15 is 0 Å². The summed E-state index contributed by atoms with van der Waals surface area (Å²) >= 11 is 2.34. The maximum absolute atomic E-state index is 2.34.